The summed E-state index contributed by atoms with van der Waals surface area (Å²) >= 11 is 1.24. The molecule has 0 radical (unpaired) electrons. The number of aromatic nitrogens is 2. The van der Waals surface area contributed by atoms with Crippen LogP contribution in [0, 0.1) is 5.41 Å². The summed E-state index contributed by atoms with van der Waals surface area (Å²) in [4.78, 5) is 12.0. The van der Waals surface area contributed by atoms with Crippen LogP contribution >= 0.6 is 11.3 Å². The number of urea groups is 1. The van der Waals surface area contributed by atoms with Crippen molar-refractivity contribution in [2.75, 3.05) is 11.9 Å². The molecule has 2 heterocycles. The van der Waals surface area contributed by atoms with E-state index in [1.54, 1.807) is 24.5 Å². The van der Waals surface area contributed by atoms with Crippen LogP contribution in [0.25, 0.3) is 12.2 Å². The molecular formula is C15H20N4O3S. The molecule has 0 saturated heterocycles. The number of furan rings is 1. The Bertz CT molecular complexity index is 659. The number of carbonyl (C=O) groups is 1. The maximum atomic E-state index is 12.0. The van der Waals surface area contributed by atoms with Crippen molar-refractivity contribution >= 4 is 34.7 Å². The number of anilines is 1. The fraction of sp³-hybridized carbons (Fsp3) is 0.400. The minimum absolute atomic E-state index is 0.135. The third kappa shape index (κ3) is 5.19. The van der Waals surface area contributed by atoms with Crippen LogP contribution < -0.4 is 10.6 Å². The number of amides is 2. The number of carbonyl (C=O) groups excluding carboxylic acids is 1. The van der Waals surface area contributed by atoms with Gasteiger partial charge in [-0.15, -0.1) is 10.2 Å². The van der Waals surface area contributed by atoms with Gasteiger partial charge in [-0.3, -0.25) is 5.32 Å². The smallest absolute Gasteiger partial charge is 0.321 e. The average Bonchev–Trinajstić information content (AvgIpc) is 3.12. The van der Waals surface area contributed by atoms with Crippen molar-refractivity contribution in [1.29, 1.82) is 0 Å². The number of nitrogens with one attached hydrogen (secondary N) is 2. The molecule has 2 aromatic rings. The van der Waals surface area contributed by atoms with Gasteiger partial charge in [-0.25, -0.2) is 4.79 Å². The van der Waals surface area contributed by atoms with Gasteiger partial charge in [-0.05, 0) is 29.7 Å². The fourth-order valence-electron chi connectivity index (χ4n) is 1.72. The molecule has 0 fully saturated rings. The molecule has 0 aliphatic carbocycles. The third-order valence-electron chi connectivity index (χ3n) is 3.13. The first-order chi connectivity index (χ1) is 10.9. The summed E-state index contributed by atoms with van der Waals surface area (Å²) in [6, 6.07) is 2.85. The van der Waals surface area contributed by atoms with Gasteiger partial charge in [-0.1, -0.05) is 32.1 Å². The van der Waals surface area contributed by atoms with Gasteiger partial charge in [-0.2, -0.15) is 0 Å². The maximum Gasteiger partial charge on any atom is 0.321 e. The summed E-state index contributed by atoms with van der Waals surface area (Å²) in [5, 5.41) is 23.6. The van der Waals surface area contributed by atoms with Gasteiger partial charge in [0.2, 0.25) is 5.13 Å². The lowest BCUT2D eigenvalue weighted by Crippen LogP contribution is -2.47. The van der Waals surface area contributed by atoms with E-state index in [2.05, 4.69) is 20.8 Å². The highest BCUT2D eigenvalue weighted by Crippen LogP contribution is 2.20. The summed E-state index contributed by atoms with van der Waals surface area (Å²) in [6.45, 7) is 5.69. The summed E-state index contributed by atoms with van der Waals surface area (Å²) in [5.74, 6) is 0.711. The van der Waals surface area contributed by atoms with Crippen LogP contribution in [0.5, 0.6) is 0 Å². The van der Waals surface area contributed by atoms with Gasteiger partial charge in [0.1, 0.15) is 10.8 Å². The first-order valence-corrected chi connectivity index (χ1v) is 7.93. The van der Waals surface area contributed by atoms with Crippen LogP contribution in [-0.2, 0) is 0 Å². The highest BCUT2D eigenvalue weighted by molar-refractivity contribution is 7.16. The van der Waals surface area contributed by atoms with Crippen molar-refractivity contribution < 1.29 is 14.3 Å². The zero-order chi connectivity index (χ0) is 16.9. The molecule has 7 nitrogen and oxygen atoms in total. The van der Waals surface area contributed by atoms with Gasteiger partial charge in [0, 0.05) is 0 Å². The number of rotatable bonds is 5. The summed E-state index contributed by atoms with van der Waals surface area (Å²) in [7, 11) is 0. The summed E-state index contributed by atoms with van der Waals surface area (Å²) < 4.78 is 5.18. The van der Waals surface area contributed by atoms with E-state index in [0.29, 0.717) is 15.9 Å². The molecule has 0 saturated carbocycles. The molecule has 2 rings (SSSR count). The van der Waals surface area contributed by atoms with E-state index in [1.807, 2.05) is 26.8 Å². The molecule has 2 amide bonds. The number of aliphatic hydroxyl groups excluding tert-OH is 1. The number of nitrogens with zero attached hydrogens (tertiary/aromatic N) is 2. The topological polar surface area (TPSA) is 100 Å². The molecule has 0 aliphatic heterocycles. The van der Waals surface area contributed by atoms with Crippen LogP contribution in [0.15, 0.2) is 22.8 Å². The molecule has 23 heavy (non-hydrogen) atoms. The van der Waals surface area contributed by atoms with Crippen molar-refractivity contribution in [3.05, 3.63) is 29.2 Å². The Balaban J connectivity index is 1.92. The lowest BCUT2D eigenvalue weighted by atomic mass is 9.87. The minimum atomic E-state index is -0.420. The molecular weight excluding hydrogens is 316 g/mol. The molecule has 124 valence electrons. The van der Waals surface area contributed by atoms with Gasteiger partial charge >= 0.3 is 6.03 Å². The second kappa shape index (κ2) is 7.38. The second-order valence-corrected chi connectivity index (χ2v) is 7.00. The highest BCUT2D eigenvalue weighted by atomic mass is 32.1. The van der Waals surface area contributed by atoms with Gasteiger partial charge in [0.05, 0.1) is 18.9 Å². The van der Waals surface area contributed by atoms with E-state index in [1.165, 1.54) is 11.3 Å². The van der Waals surface area contributed by atoms with E-state index in [4.69, 9.17) is 4.42 Å². The first-order valence-electron chi connectivity index (χ1n) is 7.12. The summed E-state index contributed by atoms with van der Waals surface area (Å²) in [6.07, 6.45) is 5.11. The standard InChI is InChI=1S/C15H20N4O3S/c1-15(2,3)11(9-20)16-13(21)17-14-19-18-12(23-14)7-6-10-5-4-8-22-10/h4-8,11,20H,9H2,1-3H3,(H2,16,17,19,21)/t11-/m1/s1. The maximum absolute atomic E-state index is 12.0. The Morgan fingerprint density at radius 3 is 2.83 bits per heavy atom. The molecule has 2 aromatic heterocycles. The summed E-state index contributed by atoms with van der Waals surface area (Å²) in [5.41, 5.74) is -0.246. The van der Waals surface area contributed by atoms with E-state index >= 15 is 0 Å². The Labute approximate surface area is 138 Å². The van der Waals surface area contributed by atoms with E-state index in [-0.39, 0.29) is 18.1 Å². The van der Waals surface area contributed by atoms with Crippen molar-refractivity contribution in [2.45, 2.75) is 26.8 Å². The van der Waals surface area contributed by atoms with Crippen molar-refractivity contribution in [3.8, 4) is 0 Å². The largest absolute Gasteiger partial charge is 0.465 e. The average molecular weight is 336 g/mol. The number of aliphatic hydroxyl groups is 1. The van der Waals surface area contributed by atoms with Crippen molar-refractivity contribution in [3.63, 3.8) is 0 Å². The van der Waals surface area contributed by atoms with E-state index in [0.717, 1.165) is 0 Å². The van der Waals surface area contributed by atoms with Crippen LogP contribution in [0.3, 0.4) is 0 Å². The number of hydrogen-bond acceptors (Lipinski definition) is 6. The normalized spacial score (nSPS) is 13.2. The second-order valence-electron chi connectivity index (χ2n) is 5.99. The Kier molecular flexibility index (Phi) is 5.51. The van der Waals surface area contributed by atoms with Gasteiger partial charge in [0.15, 0.2) is 0 Å². The Morgan fingerprint density at radius 1 is 1.43 bits per heavy atom. The van der Waals surface area contributed by atoms with Crippen LogP contribution in [-0.4, -0.2) is 34.0 Å². The zero-order valence-electron chi connectivity index (χ0n) is 13.2. The first kappa shape index (κ1) is 17.2. The van der Waals surface area contributed by atoms with Gasteiger partial charge in [0.25, 0.3) is 0 Å². The van der Waals surface area contributed by atoms with Crippen molar-refractivity contribution in [1.82, 2.24) is 15.5 Å². The highest BCUT2D eigenvalue weighted by Gasteiger charge is 2.25. The monoisotopic (exact) mass is 336 g/mol. The third-order valence-corrected chi connectivity index (χ3v) is 3.93. The Morgan fingerprint density at radius 2 is 2.22 bits per heavy atom. The number of hydrogen-bond donors (Lipinski definition) is 3. The van der Waals surface area contributed by atoms with Crippen molar-refractivity contribution in [2.24, 2.45) is 5.41 Å². The molecule has 0 bridgehead atoms. The quantitative estimate of drug-likeness (QED) is 0.779. The van der Waals surface area contributed by atoms with Gasteiger partial charge < -0.3 is 14.8 Å². The fourth-order valence-corrected chi connectivity index (χ4v) is 2.36. The predicted octanol–water partition coefficient (Wildman–Crippen LogP) is 2.83. The molecule has 3 N–H and O–H groups in total. The molecule has 8 heteroatoms. The lowest BCUT2D eigenvalue weighted by molar-refractivity contribution is 0.162. The predicted molar refractivity (Wildman–Crippen MR) is 90.0 cm³/mol. The van der Waals surface area contributed by atoms with E-state index in [9.17, 15) is 9.90 Å². The lowest BCUT2D eigenvalue weighted by Gasteiger charge is -2.29. The SMILES string of the molecule is CC(C)(C)[C@@H](CO)NC(=O)Nc1nnc(C=Cc2ccco2)s1. The molecule has 0 spiro atoms. The molecule has 0 aromatic carbocycles. The molecule has 0 unspecified atom stereocenters. The van der Waals surface area contributed by atoms with Crippen LogP contribution in [0.4, 0.5) is 9.93 Å². The Hall–Kier alpha value is -2.19. The minimum Gasteiger partial charge on any atom is -0.465 e. The molecule has 0 aliphatic rings. The van der Waals surface area contributed by atoms with Crippen LogP contribution in [0.2, 0.25) is 0 Å². The molecule has 1 atom stereocenters. The van der Waals surface area contributed by atoms with Crippen LogP contribution in [0.1, 0.15) is 31.5 Å². The van der Waals surface area contributed by atoms with E-state index < -0.39 is 6.03 Å². The zero-order valence-corrected chi connectivity index (χ0v) is 14.1.